The van der Waals surface area contributed by atoms with Gasteiger partial charge in [0.15, 0.2) is 0 Å². The topological polar surface area (TPSA) is 73.6 Å². The van der Waals surface area contributed by atoms with Crippen LogP contribution in [0.4, 0.5) is 15.8 Å². The quantitative estimate of drug-likeness (QED) is 0.326. The lowest BCUT2D eigenvalue weighted by Gasteiger charge is -2.22. The van der Waals surface area contributed by atoms with Crippen molar-refractivity contribution in [2.24, 2.45) is 4.99 Å². The van der Waals surface area contributed by atoms with E-state index in [4.69, 9.17) is 19.5 Å². The Morgan fingerprint density at radius 1 is 1.00 bits per heavy atom. The summed E-state index contributed by atoms with van der Waals surface area (Å²) in [6.45, 7) is 1.38. The van der Waals surface area contributed by atoms with Gasteiger partial charge in [0.25, 0.3) is 0 Å². The Balaban J connectivity index is 1.63. The van der Waals surface area contributed by atoms with Gasteiger partial charge in [-0.3, -0.25) is 4.99 Å². The number of fused-ring (bicyclic) bond motifs is 2. The third-order valence-electron chi connectivity index (χ3n) is 6.51. The van der Waals surface area contributed by atoms with Crippen LogP contribution < -0.4 is 15.4 Å². The Labute approximate surface area is 213 Å². The highest BCUT2D eigenvalue weighted by molar-refractivity contribution is 5.84. The predicted octanol–water partition coefficient (Wildman–Crippen LogP) is 5.50. The van der Waals surface area contributed by atoms with Crippen LogP contribution in [0.2, 0.25) is 0 Å². The number of aromatic nitrogens is 3. The first kappa shape index (κ1) is 23.1. The average Bonchev–Trinajstić information content (AvgIpc) is 2.93. The zero-order chi connectivity index (χ0) is 25.2. The first-order valence-corrected chi connectivity index (χ1v) is 12.3. The molecule has 0 amide bonds. The zero-order valence-electron chi connectivity index (χ0n) is 20.4. The van der Waals surface area contributed by atoms with Crippen molar-refractivity contribution in [1.82, 2.24) is 14.5 Å². The van der Waals surface area contributed by atoms with E-state index in [9.17, 15) is 4.39 Å². The third kappa shape index (κ3) is 4.63. The maximum atomic E-state index is 14.3. The van der Waals surface area contributed by atoms with E-state index in [0.717, 1.165) is 57.7 Å². The minimum Gasteiger partial charge on any atom is -0.480 e. The maximum Gasteiger partial charge on any atom is 0.237 e. The summed E-state index contributed by atoms with van der Waals surface area (Å²) in [6, 6.07) is 22.4. The van der Waals surface area contributed by atoms with E-state index >= 15 is 0 Å². The summed E-state index contributed by atoms with van der Waals surface area (Å²) < 4.78 is 27.4. The van der Waals surface area contributed by atoms with Crippen LogP contribution in [-0.4, -0.2) is 40.9 Å². The molecule has 1 fully saturated rings. The van der Waals surface area contributed by atoms with Crippen LogP contribution in [0.5, 0.6) is 5.88 Å². The molecule has 7 nitrogen and oxygen atoms in total. The number of nitrogens with zero attached hydrogens (tertiary/aromatic N) is 4. The molecule has 37 heavy (non-hydrogen) atoms. The molecule has 0 spiro atoms. The largest absolute Gasteiger partial charge is 0.480 e. The molecule has 2 aromatic carbocycles. The Morgan fingerprint density at radius 3 is 2.70 bits per heavy atom. The van der Waals surface area contributed by atoms with Crippen molar-refractivity contribution in [3.05, 3.63) is 90.2 Å². The molecule has 2 aliphatic heterocycles. The van der Waals surface area contributed by atoms with E-state index in [1.165, 1.54) is 12.1 Å². The maximum absolute atomic E-state index is 14.3. The summed E-state index contributed by atoms with van der Waals surface area (Å²) in [7, 11) is 1.59. The van der Waals surface area contributed by atoms with E-state index in [-0.39, 0.29) is 11.9 Å². The van der Waals surface area contributed by atoms with Crippen molar-refractivity contribution in [2.45, 2.75) is 18.9 Å². The van der Waals surface area contributed by atoms with E-state index in [1.807, 2.05) is 59.2 Å². The van der Waals surface area contributed by atoms with E-state index < -0.39 is 0 Å². The van der Waals surface area contributed by atoms with Gasteiger partial charge < -0.3 is 19.4 Å². The first-order valence-electron chi connectivity index (χ1n) is 12.3. The lowest BCUT2D eigenvalue weighted by Crippen LogP contribution is -2.23. The van der Waals surface area contributed by atoms with Gasteiger partial charge in [0, 0.05) is 25.1 Å². The molecule has 1 N–H and O–H groups in total. The lowest BCUT2D eigenvalue weighted by atomic mass is 10.1. The molecule has 0 bridgehead atoms. The Hall–Kier alpha value is -4.30. The van der Waals surface area contributed by atoms with Gasteiger partial charge in [0.1, 0.15) is 11.5 Å². The SMILES string of the molecule is COc1ncccc1Nc1cc2nc3ccccc3n(-c3cccc(F)c3)c-2c/c1=N\C1CCOCC1. The second kappa shape index (κ2) is 9.99. The van der Waals surface area contributed by atoms with Crippen molar-refractivity contribution in [3.63, 3.8) is 0 Å². The fourth-order valence-corrected chi connectivity index (χ4v) is 4.75. The van der Waals surface area contributed by atoms with Gasteiger partial charge in [0.2, 0.25) is 5.88 Å². The molecule has 3 aromatic rings. The number of para-hydroxylation sites is 2. The number of hydrogen-bond donors (Lipinski definition) is 1. The first-order chi connectivity index (χ1) is 18.2. The van der Waals surface area contributed by atoms with Crippen LogP contribution in [0.3, 0.4) is 0 Å². The van der Waals surface area contributed by atoms with Crippen LogP contribution >= 0.6 is 0 Å². The average molecular weight is 496 g/mol. The summed E-state index contributed by atoms with van der Waals surface area (Å²) in [5.74, 6) is 0.189. The molecule has 0 radical (unpaired) electrons. The van der Waals surface area contributed by atoms with E-state index in [0.29, 0.717) is 19.1 Å². The fraction of sp³-hybridized carbons (Fsp3) is 0.207. The van der Waals surface area contributed by atoms with E-state index in [2.05, 4.69) is 10.3 Å². The molecule has 0 saturated carbocycles. The molecule has 0 atom stereocenters. The van der Waals surface area contributed by atoms with Gasteiger partial charge in [-0.2, -0.15) is 0 Å². The summed E-state index contributed by atoms with van der Waals surface area (Å²) in [6.07, 6.45) is 3.40. The number of rotatable bonds is 5. The smallest absolute Gasteiger partial charge is 0.237 e. The minimum absolute atomic E-state index is 0.138. The Bertz CT molecular complexity index is 1610. The van der Waals surface area contributed by atoms with Gasteiger partial charge in [-0.15, -0.1) is 0 Å². The number of anilines is 2. The molecule has 6 rings (SSSR count). The van der Waals surface area contributed by atoms with Gasteiger partial charge in [-0.25, -0.2) is 14.4 Å². The highest BCUT2D eigenvalue weighted by Gasteiger charge is 2.19. The highest BCUT2D eigenvalue weighted by atomic mass is 19.1. The summed E-state index contributed by atoms with van der Waals surface area (Å²) in [5.41, 5.74) is 5.50. The van der Waals surface area contributed by atoms with Gasteiger partial charge in [-0.1, -0.05) is 18.2 Å². The van der Waals surface area contributed by atoms with Crippen LogP contribution in [0.25, 0.3) is 28.1 Å². The van der Waals surface area contributed by atoms with Crippen LogP contribution in [0, 0.1) is 5.82 Å². The van der Waals surface area contributed by atoms with Crippen molar-refractivity contribution in [1.29, 1.82) is 0 Å². The van der Waals surface area contributed by atoms with Crippen molar-refractivity contribution >= 4 is 22.4 Å². The normalized spacial score (nSPS) is 14.8. The van der Waals surface area contributed by atoms with Crippen LogP contribution in [0.1, 0.15) is 12.8 Å². The zero-order valence-corrected chi connectivity index (χ0v) is 20.4. The molecule has 3 heterocycles. The number of halogens is 1. The van der Waals surface area contributed by atoms with Crippen molar-refractivity contribution in [2.75, 3.05) is 25.6 Å². The van der Waals surface area contributed by atoms with Crippen LogP contribution in [-0.2, 0) is 4.74 Å². The number of pyridine rings is 1. The summed E-state index contributed by atoms with van der Waals surface area (Å²) in [5, 5.41) is 4.25. The number of ether oxygens (including phenoxy) is 2. The number of nitrogens with one attached hydrogen (secondary N) is 1. The summed E-state index contributed by atoms with van der Waals surface area (Å²) in [4.78, 5) is 14.4. The number of methoxy groups -OCH3 is 1. The standard InChI is InChI=1S/C29H26FN5O2/c1-36-29-23(9-5-13-31-29)34-24-17-26-28(18-25(24)32-20-11-14-37-15-12-20)35(21-7-4-6-19(30)16-21)27-10-3-2-8-22(27)33-26/h2-10,13,16-18,20,34H,11-12,14-15H2,1H3/b32-25+. The molecular weight excluding hydrogens is 469 g/mol. The molecule has 8 heteroatoms. The van der Waals surface area contributed by atoms with Crippen LogP contribution in [0.15, 0.2) is 84.0 Å². The molecule has 1 aliphatic carbocycles. The molecule has 0 unspecified atom stereocenters. The van der Waals surface area contributed by atoms with Gasteiger partial charge in [0.05, 0.1) is 46.6 Å². The second-order valence-electron chi connectivity index (χ2n) is 8.93. The van der Waals surface area contributed by atoms with Crippen molar-refractivity contribution in [3.8, 4) is 23.0 Å². The number of hydrogen-bond acceptors (Lipinski definition) is 6. The molecular formula is C29H26FN5O2. The second-order valence-corrected chi connectivity index (χ2v) is 8.93. The van der Waals surface area contributed by atoms with Crippen molar-refractivity contribution < 1.29 is 13.9 Å². The molecule has 3 aliphatic rings. The molecule has 1 aromatic heterocycles. The predicted molar refractivity (Wildman–Crippen MR) is 141 cm³/mol. The minimum atomic E-state index is -0.298. The lowest BCUT2D eigenvalue weighted by molar-refractivity contribution is 0.0864. The fourth-order valence-electron chi connectivity index (χ4n) is 4.75. The number of benzene rings is 3. The summed E-state index contributed by atoms with van der Waals surface area (Å²) >= 11 is 0. The van der Waals surface area contributed by atoms with Gasteiger partial charge in [-0.05, 0) is 67.4 Å². The van der Waals surface area contributed by atoms with E-state index in [1.54, 1.807) is 19.4 Å². The highest BCUT2D eigenvalue weighted by Crippen LogP contribution is 2.31. The molecule has 186 valence electrons. The Kier molecular flexibility index (Phi) is 6.24. The van der Waals surface area contributed by atoms with Gasteiger partial charge >= 0.3 is 0 Å². The molecule has 1 saturated heterocycles. The monoisotopic (exact) mass is 495 g/mol. The third-order valence-corrected chi connectivity index (χ3v) is 6.51. The Morgan fingerprint density at radius 2 is 1.86 bits per heavy atom.